The summed E-state index contributed by atoms with van der Waals surface area (Å²) in [4.78, 5) is 46.9. The SMILES string of the molecule is Cn1cnc(-c2ccc3c(c2)CN(C2CCC(=O)NC2=O)C3=O)c1-c1ccc(N)nc1. The fraction of sp³-hybridized carbons (Fsp3) is 0.227. The van der Waals surface area contributed by atoms with Crippen molar-refractivity contribution in [2.75, 3.05) is 5.73 Å². The van der Waals surface area contributed by atoms with Crippen LogP contribution in [0.4, 0.5) is 5.82 Å². The van der Waals surface area contributed by atoms with E-state index in [0.29, 0.717) is 24.3 Å². The molecule has 3 amide bonds. The van der Waals surface area contributed by atoms with Gasteiger partial charge in [-0.05, 0) is 36.2 Å². The van der Waals surface area contributed by atoms with Crippen molar-refractivity contribution in [1.82, 2.24) is 24.8 Å². The van der Waals surface area contributed by atoms with Crippen molar-refractivity contribution in [2.24, 2.45) is 7.05 Å². The number of imide groups is 1. The number of nitrogens with zero attached hydrogens (tertiary/aromatic N) is 4. The number of benzene rings is 1. The molecule has 3 N–H and O–H groups in total. The number of nitrogen functional groups attached to an aromatic ring is 1. The number of pyridine rings is 1. The quantitative estimate of drug-likeness (QED) is 0.624. The third kappa shape index (κ3) is 3.14. The number of aryl methyl sites for hydroxylation is 1. The Morgan fingerprint density at radius 1 is 1.10 bits per heavy atom. The number of nitrogens with one attached hydrogen (secondary N) is 1. The number of carbonyl (C=O) groups excluding carboxylic acids is 3. The number of anilines is 1. The molecule has 1 aromatic carbocycles. The number of fused-ring (bicyclic) bond motifs is 1. The van der Waals surface area contributed by atoms with Crippen molar-refractivity contribution in [3.05, 3.63) is 54.0 Å². The van der Waals surface area contributed by atoms with Gasteiger partial charge < -0.3 is 15.2 Å². The lowest BCUT2D eigenvalue weighted by Crippen LogP contribution is -2.52. The molecule has 156 valence electrons. The molecule has 9 heteroatoms. The third-order valence-corrected chi connectivity index (χ3v) is 5.79. The van der Waals surface area contributed by atoms with Gasteiger partial charge in [-0.3, -0.25) is 19.7 Å². The normalized spacial score (nSPS) is 18.3. The van der Waals surface area contributed by atoms with Crippen molar-refractivity contribution >= 4 is 23.5 Å². The zero-order valence-electron chi connectivity index (χ0n) is 16.8. The number of aromatic nitrogens is 3. The Hall–Kier alpha value is -4.01. The van der Waals surface area contributed by atoms with E-state index in [2.05, 4.69) is 15.3 Å². The molecule has 1 fully saturated rings. The summed E-state index contributed by atoms with van der Waals surface area (Å²) in [5.74, 6) is -0.467. The highest BCUT2D eigenvalue weighted by Gasteiger charge is 2.39. The standard InChI is InChI=1S/C22H20N6O3/c1-27-11-25-19(20(27)13-3-6-17(23)24-9-13)12-2-4-15-14(8-12)10-28(22(15)31)16-5-7-18(29)26-21(16)30/h2-4,6,8-9,11,16H,5,7,10H2,1H3,(H2,23,24)(H,26,29,30). The second kappa shape index (κ2) is 7.05. The average molecular weight is 416 g/mol. The lowest BCUT2D eigenvalue weighted by atomic mass is 10.0. The van der Waals surface area contributed by atoms with Gasteiger partial charge in [-0.1, -0.05) is 6.07 Å². The highest BCUT2D eigenvalue weighted by molar-refractivity contribution is 6.05. The maximum Gasteiger partial charge on any atom is 0.255 e. The smallest absolute Gasteiger partial charge is 0.255 e. The molecule has 9 nitrogen and oxygen atoms in total. The van der Waals surface area contributed by atoms with Crippen LogP contribution in [0.5, 0.6) is 0 Å². The van der Waals surface area contributed by atoms with E-state index in [1.165, 1.54) is 0 Å². The molecule has 4 heterocycles. The molecule has 5 rings (SSSR count). The van der Waals surface area contributed by atoms with Gasteiger partial charge in [0, 0.05) is 42.9 Å². The van der Waals surface area contributed by atoms with Gasteiger partial charge in [0.15, 0.2) is 0 Å². The van der Waals surface area contributed by atoms with E-state index in [1.54, 1.807) is 29.6 Å². The van der Waals surface area contributed by atoms with Crippen molar-refractivity contribution in [2.45, 2.75) is 25.4 Å². The van der Waals surface area contributed by atoms with Crippen LogP contribution >= 0.6 is 0 Å². The van der Waals surface area contributed by atoms with E-state index in [-0.39, 0.29) is 18.2 Å². The highest BCUT2D eigenvalue weighted by atomic mass is 16.2. The van der Waals surface area contributed by atoms with Crippen molar-refractivity contribution in [3.8, 4) is 22.5 Å². The number of rotatable bonds is 3. The Morgan fingerprint density at radius 2 is 1.90 bits per heavy atom. The number of nitrogens with two attached hydrogens (primary N) is 1. The Bertz CT molecular complexity index is 1230. The van der Waals surface area contributed by atoms with Crippen molar-refractivity contribution < 1.29 is 14.4 Å². The lowest BCUT2D eigenvalue weighted by molar-refractivity contribution is -0.136. The van der Waals surface area contributed by atoms with E-state index in [0.717, 1.165) is 28.1 Å². The minimum atomic E-state index is -0.632. The molecule has 3 aromatic rings. The number of imidazole rings is 1. The van der Waals surface area contributed by atoms with Gasteiger partial charge in [0.1, 0.15) is 11.9 Å². The molecular formula is C22H20N6O3. The van der Waals surface area contributed by atoms with Gasteiger partial charge in [0.05, 0.1) is 17.7 Å². The highest BCUT2D eigenvalue weighted by Crippen LogP contribution is 2.34. The van der Waals surface area contributed by atoms with Crippen LogP contribution < -0.4 is 11.1 Å². The van der Waals surface area contributed by atoms with Crippen molar-refractivity contribution in [3.63, 3.8) is 0 Å². The molecule has 2 aliphatic rings. The molecule has 31 heavy (non-hydrogen) atoms. The van der Waals surface area contributed by atoms with E-state index in [9.17, 15) is 14.4 Å². The fourth-order valence-corrected chi connectivity index (χ4v) is 4.25. The summed E-state index contributed by atoms with van der Waals surface area (Å²) in [7, 11) is 1.91. The lowest BCUT2D eigenvalue weighted by Gasteiger charge is -2.29. The first kappa shape index (κ1) is 19.0. The molecule has 1 unspecified atom stereocenters. The molecule has 2 aromatic heterocycles. The van der Waals surface area contributed by atoms with Crippen LogP contribution in [0.25, 0.3) is 22.5 Å². The summed E-state index contributed by atoms with van der Waals surface area (Å²) < 4.78 is 1.91. The molecule has 1 saturated heterocycles. The van der Waals surface area contributed by atoms with Crippen LogP contribution in [0.3, 0.4) is 0 Å². The summed E-state index contributed by atoms with van der Waals surface area (Å²) in [5.41, 5.74) is 10.5. The van der Waals surface area contributed by atoms with Gasteiger partial charge in [-0.25, -0.2) is 9.97 Å². The first-order valence-corrected chi connectivity index (χ1v) is 9.93. The number of amides is 3. The first-order chi connectivity index (χ1) is 14.9. The fourth-order valence-electron chi connectivity index (χ4n) is 4.25. The van der Waals surface area contributed by atoms with Crippen LogP contribution in [0.1, 0.15) is 28.8 Å². The molecule has 0 aliphatic carbocycles. The monoisotopic (exact) mass is 416 g/mol. The summed E-state index contributed by atoms with van der Waals surface area (Å²) in [6, 6.07) is 8.58. The Labute approximate surface area is 177 Å². The van der Waals surface area contributed by atoms with Gasteiger partial charge in [0.2, 0.25) is 11.8 Å². The minimum absolute atomic E-state index is 0.194. The number of hydrogen-bond acceptors (Lipinski definition) is 6. The summed E-state index contributed by atoms with van der Waals surface area (Å²) in [6.45, 7) is 0.319. The van der Waals surface area contributed by atoms with Gasteiger partial charge in [-0.15, -0.1) is 0 Å². The summed E-state index contributed by atoms with van der Waals surface area (Å²) in [5, 5.41) is 2.32. The topological polar surface area (TPSA) is 123 Å². The van der Waals surface area contributed by atoms with E-state index >= 15 is 0 Å². The third-order valence-electron chi connectivity index (χ3n) is 5.79. The largest absolute Gasteiger partial charge is 0.384 e. The minimum Gasteiger partial charge on any atom is -0.384 e. The van der Waals surface area contributed by atoms with Gasteiger partial charge in [0.25, 0.3) is 5.91 Å². The van der Waals surface area contributed by atoms with Crippen molar-refractivity contribution in [1.29, 1.82) is 0 Å². The average Bonchev–Trinajstić information content (AvgIpc) is 3.28. The second-order valence-corrected chi connectivity index (χ2v) is 7.80. The molecule has 0 bridgehead atoms. The van der Waals surface area contributed by atoms with Crippen LogP contribution in [0, 0.1) is 0 Å². The first-order valence-electron chi connectivity index (χ1n) is 9.93. The zero-order chi connectivity index (χ0) is 21.7. The van der Waals surface area contributed by atoms with Crippen LogP contribution in [-0.2, 0) is 23.2 Å². The van der Waals surface area contributed by atoms with Gasteiger partial charge >= 0.3 is 0 Å². The Morgan fingerprint density at radius 3 is 2.65 bits per heavy atom. The number of piperidine rings is 1. The number of hydrogen-bond donors (Lipinski definition) is 2. The molecule has 0 saturated carbocycles. The predicted molar refractivity (Wildman–Crippen MR) is 112 cm³/mol. The zero-order valence-corrected chi connectivity index (χ0v) is 16.8. The second-order valence-electron chi connectivity index (χ2n) is 7.80. The van der Waals surface area contributed by atoms with Gasteiger partial charge in [-0.2, -0.15) is 0 Å². The Balaban J connectivity index is 1.49. The van der Waals surface area contributed by atoms with Crippen LogP contribution in [0.2, 0.25) is 0 Å². The number of carbonyl (C=O) groups is 3. The summed E-state index contributed by atoms with van der Waals surface area (Å²) in [6.07, 6.45) is 4.01. The van der Waals surface area contributed by atoms with Crippen LogP contribution in [0.15, 0.2) is 42.9 Å². The maximum absolute atomic E-state index is 12.9. The predicted octanol–water partition coefficient (Wildman–Crippen LogP) is 1.49. The molecule has 1 atom stereocenters. The van der Waals surface area contributed by atoms with E-state index < -0.39 is 11.9 Å². The maximum atomic E-state index is 12.9. The van der Waals surface area contributed by atoms with E-state index in [1.807, 2.05) is 29.8 Å². The molecule has 0 radical (unpaired) electrons. The van der Waals surface area contributed by atoms with E-state index in [4.69, 9.17) is 5.73 Å². The molecule has 2 aliphatic heterocycles. The summed E-state index contributed by atoms with van der Waals surface area (Å²) >= 11 is 0. The Kier molecular flexibility index (Phi) is 4.32. The van der Waals surface area contributed by atoms with Crippen LogP contribution in [-0.4, -0.2) is 43.2 Å². The molecular weight excluding hydrogens is 396 g/mol. The molecule has 0 spiro atoms.